The summed E-state index contributed by atoms with van der Waals surface area (Å²) >= 11 is 6.92. The summed E-state index contributed by atoms with van der Waals surface area (Å²) in [5.74, 6) is -8.87. The van der Waals surface area contributed by atoms with Crippen molar-refractivity contribution in [1.82, 2.24) is 4.57 Å². The lowest BCUT2D eigenvalue weighted by Crippen LogP contribution is -2.34. The molecule has 1 atom stereocenters. The smallest absolute Gasteiger partial charge is 0.375 e. The van der Waals surface area contributed by atoms with E-state index < -0.39 is 33.5 Å². The molecule has 5 nitrogen and oxygen atoms in total. The highest BCUT2D eigenvalue weighted by Crippen LogP contribution is 2.51. The van der Waals surface area contributed by atoms with E-state index >= 15 is 0 Å². The van der Waals surface area contributed by atoms with E-state index in [-0.39, 0.29) is 39.4 Å². The molecule has 31 heavy (non-hydrogen) atoms. The standard InChI is InChI=1S/C20H15ClF3NO4S2/c1-31(28,29)15-9-11(22)8-14-16(15)18(30-12-4-2-10(21)3-5-12)17-13(6-7-25(14)17)20(23,24)19(26)27/h2-5,8-9,13H,6-7H2,1H3,(H,26,27). The van der Waals surface area contributed by atoms with Gasteiger partial charge in [0.05, 0.1) is 16.3 Å². The monoisotopic (exact) mass is 489 g/mol. The molecule has 1 aromatic heterocycles. The molecule has 0 amide bonds. The van der Waals surface area contributed by atoms with Gasteiger partial charge in [0.25, 0.3) is 0 Å². The molecule has 3 aromatic rings. The highest BCUT2D eigenvalue weighted by Gasteiger charge is 2.52. The zero-order chi connectivity index (χ0) is 22.7. The SMILES string of the molecule is CS(=O)(=O)c1cc(F)cc2c1c(Sc1ccc(Cl)cc1)c1n2CCC1C(F)(F)C(=O)O. The first kappa shape index (κ1) is 22.0. The highest BCUT2D eigenvalue weighted by molar-refractivity contribution is 7.99. The number of sulfone groups is 1. The van der Waals surface area contributed by atoms with Crippen LogP contribution in [0.3, 0.4) is 0 Å². The Labute approximate surface area is 184 Å². The third-order valence-electron chi connectivity index (χ3n) is 5.21. The van der Waals surface area contributed by atoms with Crippen LogP contribution in [0.1, 0.15) is 18.0 Å². The first-order chi connectivity index (χ1) is 14.4. The van der Waals surface area contributed by atoms with Gasteiger partial charge < -0.3 is 9.67 Å². The molecule has 11 heteroatoms. The Bertz CT molecular complexity index is 1320. The van der Waals surface area contributed by atoms with Gasteiger partial charge in [0.2, 0.25) is 0 Å². The molecule has 4 rings (SSSR count). The number of aliphatic carboxylic acids is 1. The van der Waals surface area contributed by atoms with Gasteiger partial charge in [-0.3, -0.25) is 0 Å². The lowest BCUT2D eigenvalue weighted by atomic mass is 9.96. The number of halogens is 4. The van der Waals surface area contributed by atoms with Crippen molar-refractivity contribution in [2.75, 3.05) is 6.26 Å². The second kappa shape index (κ2) is 7.46. The summed E-state index contributed by atoms with van der Waals surface area (Å²) in [5.41, 5.74) is 0.119. The van der Waals surface area contributed by atoms with Crippen molar-refractivity contribution < 1.29 is 31.5 Å². The van der Waals surface area contributed by atoms with Crippen molar-refractivity contribution in [3.05, 3.63) is 52.9 Å². The van der Waals surface area contributed by atoms with Crippen LogP contribution >= 0.6 is 23.4 Å². The third kappa shape index (κ3) is 3.70. The summed E-state index contributed by atoms with van der Waals surface area (Å²) in [6, 6.07) is 8.37. The first-order valence-electron chi connectivity index (χ1n) is 9.01. The van der Waals surface area contributed by atoms with Gasteiger partial charge in [-0.1, -0.05) is 23.4 Å². The van der Waals surface area contributed by atoms with E-state index in [0.29, 0.717) is 9.92 Å². The molecule has 164 valence electrons. The van der Waals surface area contributed by atoms with Crippen molar-refractivity contribution in [3.8, 4) is 0 Å². The highest BCUT2D eigenvalue weighted by atomic mass is 35.5. The predicted octanol–water partition coefficient (Wildman–Crippen LogP) is 5.20. The molecule has 0 radical (unpaired) electrons. The fourth-order valence-corrected chi connectivity index (χ4v) is 6.17. The molecule has 1 N–H and O–H groups in total. The van der Waals surface area contributed by atoms with Gasteiger partial charge in [-0.15, -0.1) is 0 Å². The van der Waals surface area contributed by atoms with E-state index in [9.17, 15) is 26.4 Å². The van der Waals surface area contributed by atoms with Crippen molar-refractivity contribution in [3.63, 3.8) is 0 Å². The number of aromatic nitrogens is 1. The molecule has 0 aliphatic carbocycles. The zero-order valence-electron chi connectivity index (χ0n) is 15.9. The molecular formula is C20H15ClF3NO4S2. The molecule has 2 heterocycles. The number of fused-ring (bicyclic) bond motifs is 3. The lowest BCUT2D eigenvalue weighted by Gasteiger charge is -2.20. The van der Waals surface area contributed by atoms with Crippen LogP contribution in [-0.2, 0) is 21.2 Å². The summed E-state index contributed by atoms with van der Waals surface area (Å²) in [4.78, 5) is 11.7. The number of benzene rings is 2. The number of aryl methyl sites for hydroxylation is 1. The molecule has 0 saturated carbocycles. The number of carboxylic acid groups (broad SMARTS) is 1. The maximum absolute atomic E-state index is 14.6. The number of hydrogen-bond acceptors (Lipinski definition) is 4. The number of alkyl halides is 2. The fourth-order valence-electron chi connectivity index (χ4n) is 3.89. The van der Waals surface area contributed by atoms with Gasteiger partial charge in [-0.2, -0.15) is 8.78 Å². The second-order valence-electron chi connectivity index (χ2n) is 7.26. The Morgan fingerprint density at radius 1 is 1.26 bits per heavy atom. The summed E-state index contributed by atoms with van der Waals surface area (Å²) in [5, 5.41) is 9.66. The maximum Gasteiger partial charge on any atom is 0.375 e. The Morgan fingerprint density at radius 2 is 1.90 bits per heavy atom. The van der Waals surface area contributed by atoms with Crippen LogP contribution in [0.5, 0.6) is 0 Å². The summed E-state index contributed by atoms with van der Waals surface area (Å²) in [6.07, 6.45) is 0.730. The second-order valence-corrected chi connectivity index (χ2v) is 10.8. The Balaban J connectivity index is 2.07. The van der Waals surface area contributed by atoms with Crippen LogP contribution < -0.4 is 0 Å². The van der Waals surface area contributed by atoms with Crippen LogP contribution in [-0.4, -0.2) is 36.2 Å². The molecule has 2 aromatic carbocycles. The average molecular weight is 490 g/mol. The Morgan fingerprint density at radius 3 is 2.48 bits per heavy atom. The van der Waals surface area contributed by atoms with Crippen molar-refractivity contribution >= 4 is 50.1 Å². The quantitative estimate of drug-likeness (QED) is 0.533. The molecule has 1 unspecified atom stereocenters. The summed E-state index contributed by atoms with van der Waals surface area (Å²) in [6.45, 7) is 0.00715. The molecular weight excluding hydrogens is 475 g/mol. The fraction of sp³-hybridized carbons (Fsp3) is 0.250. The lowest BCUT2D eigenvalue weighted by molar-refractivity contribution is -0.168. The van der Waals surface area contributed by atoms with Gasteiger partial charge in [0.15, 0.2) is 9.84 Å². The Kier molecular flexibility index (Phi) is 5.30. The van der Waals surface area contributed by atoms with E-state index in [1.807, 2.05) is 0 Å². The van der Waals surface area contributed by atoms with E-state index in [4.69, 9.17) is 16.7 Å². The Hall–Kier alpha value is -2.17. The first-order valence-corrected chi connectivity index (χ1v) is 12.1. The van der Waals surface area contributed by atoms with Gasteiger partial charge in [-0.25, -0.2) is 17.6 Å². The predicted molar refractivity (Wildman–Crippen MR) is 111 cm³/mol. The average Bonchev–Trinajstić information content (AvgIpc) is 3.22. The van der Waals surface area contributed by atoms with E-state index in [1.165, 1.54) is 4.57 Å². The minimum Gasteiger partial charge on any atom is -0.477 e. The van der Waals surface area contributed by atoms with E-state index in [1.54, 1.807) is 24.3 Å². The number of carbonyl (C=O) groups is 1. The summed E-state index contributed by atoms with van der Waals surface area (Å²) < 4.78 is 69.7. The zero-order valence-corrected chi connectivity index (χ0v) is 18.3. The summed E-state index contributed by atoms with van der Waals surface area (Å²) in [7, 11) is -3.92. The normalized spacial score (nSPS) is 16.6. The maximum atomic E-state index is 14.6. The number of carboxylic acids is 1. The number of hydrogen-bond donors (Lipinski definition) is 1. The van der Waals surface area contributed by atoms with E-state index in [2.05, 4.69) is 0 Å². The van der Waals surface area contributed by atoms with Gasteiger partial charge in [0.1, 0.15) is 5.82 Å². The van der Waals surface area contributed by atoms with Crippen molar-refractivity contribution in [2.24, 2.45) is 0 Å². The molecule has 0 spiro atoms. The van der Waals surface area contributed by atoms with Crippen LogP contribution in [0.15, 0.2) is 51.1 Å². The largest absolute Gasteiger partial charge is 0.477 e. The van der Waals surface area contributed by atoms with E-state index in [0.717, 1.165) is 30.2 Å². The number of nitrogens with zero attached hydrogens (tertiary/aromatic N) is 1. The topological polar surface area (TPSA) is 76.4 Å². The third-order valence-corrected chi connectivity index (χ3v) is 7.71. The molecule has 0 saturated heterocycles. The van der Waals surface area contributed by atoms with Crippen LogP contribution in [0.2, 0.25) is 5.02 Å². The minimum absolute atomic E-state index is 0.00715. The van der Waals surface area contributed by atoms with Crippen molar-refractivity contribution in [1.29, 1.82) is 0 Å². The number of rotatable bonds is 5. The van der Waals surface area contributed by atoms with Gasteiger partial charge in [-0.05, 0) is 42.8 Å². The minimum atomic E-state index is -4.08. The van der Waals surface area contributed by atoms with Crippen molar-refractivity contribution in [2.45, 2.75) is 39.5 Å². The molecule has 0 bridgehead atoms. The van der Waals surface area contributed by atoms with Crippen LogP contribution in [0.25, 0.3) is 10.9 Å². The molecule has 1 aliphatic rings. The molecule has 0 fully saturated rings. The van der Waals surface area contributed by atoms with Gasteiger partial charge >= 0.3 is 11.9 Å². The molecule has 1 aliphatic heterocycles. The van der Waals surface area contributed by atoms with Gasteiger partial charge in [0, 0.05) is 38.7 Å². The van der Waals surface area contributed by atoms with Crippen LogP contribution in [0.4, 0.5) is 13.2 Å². The van der Waals surface area contributed by atoms with Crippen LogP contribution in [0, 0.1) is 5.82 Å².